The van der Waals surface area contributed by atoms with Crippen LogP contribution in [0.5, 0.6) is 0 Å². The quantitative estimate of drug-likeness (QED) is 0.788. The molecule has 90 valence electrons. The van der Waals surface area contributed by atoms with Crippen molar-refractivity contribution in [2.75, 3.05) is 17.2 Å². The highest BCUT2D eigenvalue weighted by atomic mass is 32.2. The Morgan fingerprint density at radius 3 is 3.12 bits per heavy atom. The van der Waals surface area contributed by atoms with Crippen LogP contribution in [0.15, 0.2) is 18.2 Å². The number of fused-ring (bicyclic) bond motifs is 1. The lowest BCUT2D eigenvalue weighted by Gasteiger charge is -2.24. The van der Waals surface area contributed by atoms with Crippen molar-refractivity contribution in [3.05, 3.63) is 24.0 Å². The van der Waals surface area contributed by atoms with Gasteiger partial charge in [0, 0.05) is 17.5 Å². The predicted molar refractivity (Wildman–Crippen MR) is 74.5 cm³/mol. The smallest absolute Gasteiger partial charge is 0.107 e. The second-order valence-corrected chi connectivity index (χ2v) is 5.80. The highest BCUT2D eigenvalue weighted by Gasteiger charge is 2.19. The number of rotatable bonds is 1. The van der Waals surface area contributed by atoms with Gasteiger partial charge < -0.3 is 10.3 Å². The highest BCUT2D eigenvalue weighted by Crippen LogP contribution is 2.31. The SMILES string of the molecule is Cc1nc2cc(N)ccc2n1C1CCCSC1. The maximum absolute atomic E-state index is 5.81. The van der Waals surface area contributed by atoms with Crippen LogP contribution in [0.1, 0.15) is 24.7 Å². The van der Waals surface area contributed by atoms with Gasteiger partial charge in [-0.2, -0.15) is 11.8 Å². The highest BCUT2D eigenvalue weighted by molar-refractivity contribution is 7.99. The molecule has 1 aromatic heterocycles. The largest absolute Gasteiger partial charge is 0.399 e. The lowest BCUT2D eigenvalue weighted by Crippen LogP contribution is -2.17. The van der Waals surface area contributed by atoms with Crippen molar-refractivity contribution in [2.45, 2.75) is 25.8 Å². The fourth-order valence-corrected chi connectivity index (χ4v) is 3.75. The second kappa shape index (κ2) is 4.26. The summed E-state index contributed by atoms with van der Waals surface area (Å²) in [6, 6.07) is 6.64. The molecule has 17 heavy (non-hydrogen) atoms. The molecule has 1 saturated heterocycles. The Kier molecular flexibility index (Phi) is 2.74. The summed E-state index contributed by atoms with van der Waals surface area (Å²) in [6.07, 6.45) is 2.58. The predicted octanol–water partition coefficient (Wildman–Crippen LogP) is 3.00. The summed E-state index contributed by atoms with van der Waals surface area (Å²) < 4.78 is 2.39. The van der Waals surface area contributed by atoms with E-state index in [4.69, 9.17) is 5.73 Å². The number of anilines is 1. The average Bonchev–Trinajstić information content (AvgIpc) is 2.65. The summed E-state index contributed by atoms with van der Waals surface area (Å²) in [5, 5.41) is 0. The van der Waals surface area contributed by atoms with Crippen molar-refractivity contribution in [3.63, 3.8) is 0 Å². The van der Waals surface area contributed by atoms with Crippen molar-refractivity contribution in [3.8, 4) is 0 Å². The number of nitrogens with two attached hydrogens (primary N) is 1. The van der Waals surface area contributed by atoms with Crippen LogP contribution in [-0.2, 0) is 0 Å². The van der Waals surface area contributed by atoms with Crippen LogP contribution in [0, 0.1) is 6.92 Å². The number of hydrogen-bond donors (Lipinski definition) is 1. The van der Waals surface area contributed by atoms with Gasteiger partial charge in [-0.15, -0.1) is 0 Å². The van der Waals surface area contributed by atoms with E-state index < -0.39 is 0 Å². The molecule has 2 heterocycles. The van der Waals surface area contributed by atoms with Crippen LogP contribution in [-0.4, -0.2) is 21.1 Å². The molecule has 3 rings (SSSR count). The van der Waals surface area contributed by atoms with E-state index in [2.05, 4.69) is 22.5 Å². The minimum Gasteiger partial charge on any atom is -0.399 e. The Bertz CT molecular complexity index is 541. The summed E-state index contributed by atoms with van der Waals surface area (Å²) >= 11 is 2.05. The number of hydrogen-bond acceptors (Lipinski definition) is 3. The number of aromatic nitrogens is 2. The first-order valence-corrected chi connectivity index (χ1v) is 7.23. The molecule has 2 aromatic rings. The van der Waals surface area contributed by atoms with Gasteiger partial charge in [0.25, 0.3) is 0 Å². The van der Waals surface area contributed by atoms with Gasteiger partial charge in [-0.1, -0.05) is 0 Å². The Balaban J connectivity index is 2.11. The molecule has 1 aliphatic heterocycles. The van der Waals surface area contributed by atoms with E-state index in [0.717, 1.165) is 17.0 Å². The third-order valence-corrected chi connectivity index (χ3v) is 4.59. The van der Waals surface area contributed by atoms with Gasteiger partial charge >= 0.3 is 0 Å². The summed E-state index contributed by atoms with van der Waals surface area (Å²) in [6.45, 7) is 2.09. The van der Waals surface area contributed by atoms with Crippen molar-refractivity contribution in [1.82, 2.24) is 9.55 Å². The Labute approximate surface area is 105 Å². The molecule has 1 aromatic carbocycles. The van der Waals surface area contributed by atoms with Gasteiger partial charge in [0.2, 0.25) is 0 Å². The molecule has 0 bridgehead atoms. The molecule has 1 unspecified atom stereocenters. The van der Waals surface area contributed by atoms with Crippen LogP contribution in [0.4, 0.5) is 5.69 Å². The minimum atomic E-state index is 0.599. The molecule has 4 heteroatoms. The summed E-state index contributed by atoms with van der Waals surface area (Å²) in [7, 11) is 0. The molecule has 1 aliphatic rings. The molecular weight excluding hydrogens is 230 g/mol. The van der Waals surface area contributed by atoms with E-state index in [1.165, 1.54) is 29.9 Å². The van der Waals surface area contributed by atoms with E-state index in [0.29, 0.717) is 6.04 Å². The molecule has 3 nitrogen and oxygen atoms in total. The average molecular weight is 247 g/mol. The van der Waals surface area contributed by atoms with Crippen molar-refractivity contribution >= 4 is 28.5 Å². The summed E-state index contributed by atoms with van der Waals surface area (Å²) in [5.41, 5.74) is 8.85. The van der Waals surface area contributed by atoms with Gasteiger partial charge in [0.05, 0.1) is 11.0 Å². The summed E-state index contributed by atoms with van der Waals surface area (Å²) in [5.74, 6) is 3.62. The monoisotopic (exact) mass is 247 g/mol. The van der Waals surface area contributed by atoms with Crippen LogP contribution in [0.25, 0.3) is 11.0 Å². The molecular formula is C13H17N3S. The van der Waals surface area contributed by atoms with E-state index in [1.807, 2.05) is 23.9 Å². The Morgan fingerprint density at radius 2 is 2.35 bits per heavy atom. The minimum absolute atomic E-state index is 0.599. The first-order valence-electron chi connectivity index (χ1n) is 6.07. The molecule has 2 N–H and O–H groups in total. The number of imidazole rings is 1. The van der Waals surface area contributed by atoms with Crippen LogP contribution < -0.4 is 5.73 Å². The van der Waals surface area contributed by atoms with Gasteiger partial charge in [-0.05, 0) is 43.7 Å². The number of nitrogens with zero attached hydrogens (tertiary/aromatic N) is 2. The van der Waals surface area contributed by atoms with Gasteiger partial charge in [0.1, 0.15) is 5.82 Å². The van der Waals surface area contributed by atoms with E-state index in [9.17, 15) is 0 Å². The van der Waals surface area contributed by atoms with Crippen molar-refractivity contribution < 1.29 is 0 Å². The standard InChI is InChI=1S/C13H17N3S/c1-9-15-12-7-10(14)4-5-13(12)16(9)11-3-2-6-17-8-11/h4-5,7,11H,2-3,6,8,14H2,1H3. The molecule has 1 atom stereocenters. The Hall–Kier alpha value is -1.16. The zero-order chi connectivity index (χ0) is 11.8. The van der Waals surface area contributed by atoms with Crippen LogP contribution in [0.3, 0.4) is 0 Å². The van der Waals surface area contributed by atoms with Gasteiger partial charge in [-0.3, -0.25) is 0 Å². The third-order valence-electron chi connectivity index (χ3n) is 3.39. The van der Waals surface area contributed by atoms with E-state index in [-0.39, 0.29) is 0 Å². The normalized spacial score (nSPS) is 20.9. The number of thioether (sulfide) groups is 1. The molecule has 1 fully saturated rings. The topological polar surface area (TPSA) is 43.8 Å². The second-order valence-electron chi connectivity index (χ2n) is 4.65. The molecule has 0 aliphatic carbocycles. The van der Waals surface area contributed by atoms with Crippen molar-refractivity contribution in [1.29, 1.82) is 0 Å². The molecule has 0 spiro atoms. The Morgan fingerprint density at radius 1 is 1.47 bits per heavy atom. The summed E-state index contributed by atoms with van der Waals surface area (Å²) in [4.78, 5) is 4.62. The fraction of sp³-hybridized carbons (Fsp3) is 0.462. The van der Waals surface area contributed by atoms with Crippen LogP contribution in [0.2, 0.25) is 0 Å². The fourth-order valence-electron chi connectivity index (χ4n) is 2.62. The zero-order valence-corrected chi connectivity index (χ0v) is 10.8. The van der Waals surface area contributed by atoms with Crippen LogP contribution >= 0.6 is 11.8 Å². The zero-order valence-electron chi connectivity index (χ0n) is 10.0. The third kappa shape index (κ3) is 1.90. The number of benzene rings is 1. The lowest BCUT2D eigenvalue weighted by molar-refractivity contribution is 0.501. The molecule has 0 radical (unpaired) electrons. The molecule has 0 amide bonds. The first kappa shape index (κ1) is 11.0. The van der Waals surface area contributed by atoms with E-state index in [1.54, 1.807) is 0 Å². The van der Waals surface area contributed by atoms with Gasteiger partial charge in [0.15, 0.2) is 0 Å². The number of aryl methyl sites for hydroxylation is 1. The lowest BCUT2D eigenvalue weighted by atomic mass is 10.1. The van der Waals surface area contributed by atoms with E-state index >= 15 is 0 Å². The van der Waals surface area contributed by atoms with Crippen molar-refractivity contribution in [2.24, 2.45) is 0 Å². The molecule has 0 saturated carbocycles. The first-order chi connectivity index (χ1) is 8.25. The maximum atomic E-state index is 5.81. The maximum Gasteiger partial charge on any atom is 0.107 e. The number of nitrogen functional groups attached to an aromatic ring is 1. The van der Waals surface area contributed by atoms with Gasteiger partial charge in [-0.25, -0.2) is 4.98 Å².